The summed E-state index contributed by atoms with van der Waals surface area (Å²) in [6.45, 7) is 0. The first kappa shape index (κ1) is 18.3. The maximum Gasteiger partial charge on any atom is 0.416 e. The van der Waals surface area contributed by atoms with E-state index in [1.165, 1.54) is 26.4 Å². The van der Waals surface area contributed by atoms with E-state index in [9.17, 15) is 23.2 Å². The van der Waals surface area contributed by atoms with E-state index < -0.39 is 23.4 Å². The minimum absolute atomic E-state index is 0.0225. The van der Waals surface area contributed by atoms with E-state index in [4.69, 9.17) is 9.47 Å². The summed E-state index contributed by atoms with van der Waals surface area (Å²) < 4.78 is 48.0. The number of alkyl halides is 3. The topological polar surface area (TPSA) is 59.3 Å². The monoisotopic (exact) mass is 349 g/mol. The van der Waals surface area contributed by atoms with Crippen LogP contribution in [-0.2, 0) is 6.18 Å². The number of Topliss-reactive ketones (excluding diaryl/α,β-unsaturated/α-hetero) is 1. The molecule has 0 radical (unpaired) electrons. The Hall–Kier alpha value is -3.01. The predicted octanol–water partition coefficient (Wildman–Crippen LogP) is 4.21. The number of hydrogen-bond donors (Lipinski definition) is 0. The molecule has 0 N–H and O–H groups in total. The number of carbonyl (C=O) groups is 1. The number of benzene rings is 2. The van der Waals surface area contributed by atoms with Crippen LogP contribution in [-0.4, -0.2) is 20.0 Å². The van der Waals surface area contributed by atoms with Crippen molar-refractivity contribution in [1.29, 1.82) is 5.26 Å². The van der Waals surface area contributed by atoms with E-state index in [0.717, 1.165) is 24.3 Å². The van der Waals surface area contributed by atoms with Gasteiger partial charge in [-0.3, -0.25) is 4.79 Å². The first-order valence-corrected chi connectivity index (χ1v) is 7.14. The minimum atomic E-state index is -4.49. The maximum atomic E-state index is 12.6. The lowest BCUT2D eigenvalue weighted by molar-refractivity contribution is -0.137. The summed E-state index contributed by atoms with van der Waals surface area (Å²) in [7, 11) is 2.87. The van der Waals surface area contributed by atoms with Gasteiger partial charge in [-0.2, -0.15) is 18.4 Å². The van der Waals surface area contributed by atoms with Gasteiger partial charge in [0.2, 0.25) is 0 Å². The standard InChI is InChI=1S/C18H14F3NO3/c1-24-15-8-5-12(9-16(15)25-2)14(10-22)17(23)11-3-6-13(7-4-11)18(19,20)21/h3-9,14H,1-2H3. The van der Waals surface area contributed by atoms with Crippen LogP contribution >= 0.6 is 0 Å². The summed E-state index contributed by atoms with van der Waals surface area (Å²) in [5.74, 6) is -0.981. The molecule has 25 heavy (non-hydrogen) atoms. The first-order valence-electron chi connectivity index (χ1n) is 7.14. The average Bonchev–Trinajstić information content (AvgIpc) is 2.61. The van der Waals surface area contributed by atoms with E-state index in [0.29, 0.717) is 17.1 Å². The van der Waals surface area contributed by atoms with Crippen LogP contribution in [0.1, 0.15) is 27.4 Å². The van der Waals surface area contributed by atoms with Crippen LogP contribution < -0.4 is 9.47 Å². The molecule has 0 aliphatic carbocycles. The van der Waals surface area contributed by atoms with Crippen LogP contribution in [0.25, 0.3) is 0 Å². The number of ether oxygens (including phenoxy) is 2. The van der Waals surface area contributed by atoms with E-state index in [2.05, 4.69) is 0 Å². The quantitative estimate of drug-likeness (QED) is 0.759. The molecule has 0 spiro atoms. The van der Waals surface area contributed by atoms with Crippen molar-refractivity contribution in [3.63, 3.8) is 0 Å². The fourth-order valence-electron chi connectivity index (χ4n) is 2.31. The summed E-state index contributed by atoms with van der Waals surface area (Å²) in [5.41, 5.74) is -0.469. The molecule has 4 nitrogen and oxygen atoms in total. The molecule has 7 heteroatoms. The molecule has 0 bridgehead atoms. The number of hydrogen-bond acceptors (Lipinski definition) is 4. The smallest absolute Gasteiger partial charge is 0.416 e. The summed E-state index contributed by atoms with van der Waals surface area (Å²) in [5, 5.41) is 9.36. The highest BCUT2D eigenvalue weighted by molar-refractivity contribution is 6.02. The van der Waals surface area contributed by atoms with E-state index >= 15 is 0 Å². The third-order valence-electron chi connectivity index (χ3n) is 3.63. The fraction of sp³-hybridized carbons (Fsp3) is 0.222. The molecule has 2 aromatic carbocycles. The third kappa shape index (κ3) is 3.91. The van der Waals surface area contributed by atoms with Gasteiger partial charge in [-0.25, -0.2) is 0 Å². The van der Waals surface area contributed by atoms with Crippen molar-refractivity contribution in [2.45, 2.75) is 12.1 Å². The van der Waals surface area contributed by atoms with Gasteiger partial charge in [0, 0.05) is 5.56 Å². The Morgan fingerprint density at radius 1 is 1.04 bits per heavy atom. The lowest BCUT2D eigenvalue weighted by Gasteiger charge is -2.13. The Labute approximate surface area is 142 Å². The average molecular weight is 349 g/mol. The second-order valence-corrected chi connectivity index (χ2v) is 5.12. The number of carbonyl (C=O) groups excluding carboxylic acids is 1. The summed E-state index contributed by atoms with van der Waals surface area (Å²) in [6, 6.07) is 10.2. The van der Waals surface area contributed by atoms with Crippen molar-refractivity contribution in [2.75, 3.05) is 14.2 Å². The zero-order chi connectivity index (χ0) is 18.6. The third-order valence-corrected chi connectivity index (χ3v) is 3.63. The number of rotatable bonds is 5. The zero-order valence-electron chi connectivity index (χ0n) is 13.4. The molecule has 130 valence electrons. The van der Waals surface area contributed by atoms with Gasteiger partial charge in [0.15, 0.2) is 17.3 Å². The van der Waals surface area contributed by atoms with Gasteiger partial charge < -0.3 is 9.47 Å². The molecule has 2 aromatic rings. The molecule has 1 atom stereocenters. The van der Waals surface area contributed by atoms with Crippen LogP contribution in [0, 0.1) is 11.3 Å². The number of ketones is 1. The largest absolute Gasteiger partial charge is 0.493 e. The molecule has 0 aliphatic heterocycles. The van der Waals surface area contributed by atoms with E-state index in [1.54, 1.807) is 6.07 Å². The summed E-state index contributed by atoms with van der Waals surface area (Å²) in [4.78, 5) is 12.5. The van der Waals surface area contributed by atoms with Gasteiger partial charge in [-0.15, -0.1) is 0 Å². The number of nitriles is 1. The van der Waals surface area contributed by atoms with Crippen molar-refractivity contribution in [3.05, 3.63) is 59.2 Å². The number of halogens is 3. The van der Waals surface area contributed by atoms with Crippen LogP contribution in [0.5, 0.6) is 11.5 Å². The minimum Gasteiger partial charge on any atom is -0.493 e. The molecule has 0 saturated heterocycles. The van der Waals surface area contributed by atoms with Gasteiger partial charge in [0.25, 0.3) is 0 Å². The van der Waals surface area contributed by atoms with Crippen molar-refractivity contribution < 1.29 is 27.4 Å². The molecule has 2 rings (SSSR count). The van der Waals surface area contributed by atoms with Gasteiger partial charge >= 0.3 is 6.18 Å². The Balaban J connectivity index is 2.35. The molecule has 0 aliphatic rings. The summed E-state index contributed by atoms with van der Waals surface area (Å²) in [6.07, 6.45) is -4.49. The Bertz CT molecular complexity index is 808. The van der Waals surface area contributed by atoms with Crippen molar-refractivity contribution in [3.8, 4) is 17.6 Å². The molecule has 0 saturated carbocycles. The lowest BCUT2D eigenvalue weighted by atomic mass is 9.91. The molecule has 0 amide bonds. The van der Waals surface area contributed by atoms with Crippen molar-refractivity contribution in [2.24, 2.45) is 0 Å². The van der Waals surface area contributed by atoms with Crippen molar-refractivity contribution >= 4 is 5.78 Å². The predicted molar refractivity (Wildman–Crippen MR) is 83.7 cm³/mol. The Morgan fingerprint density at radius 2 is 1.64 bits per heavy atom. The fourth-order valence-corrected chi connectivity index (χ4v) is 2.31. The molecular formula is C18H14F3NO3. The molecule has 0 heterocycles. The van der Waals surface area contributed by atoms with Crippen LogP contribution in [0.3, 0.4) is 0 Å². The zero-order valence-corrected chi connectivity index (χ0v) is 13.4. The second-order valence-electron chi connectivity index (χ2n) is 5.12. The molecule has 1 unspecified atom stereocenters. The molecular weight excluding hydrogens is 335 g/mol. The lowest BCUT2D eigenvalue weighted by Crippen LogP contribution is -2.12. The molecule has 0 aromatic heterocycles. The van der Waals surface area contributed by atoms with E-state index in [1.807, 2.05) is 6.07 Å². The van der Waals surface area contributed by atoms with Crippen LogP contribution in [0.2, 0.25) is 0 Å². The molecule has 0 fully saturated rings. The Morgan fingerprint density at radius 3 is 2.12 bits per heavy atom. The van der Waals surface area contributed by atoms with Gasteiger partial charge in [0.1, 0.15) is 5.92 Å². The van der Waals surface area contributed by atoms with E-state index in [-0.39, 0.29) is 5.56 Å². The number of nitrogens with zero attached hydrogens (tertiary/aromatic N) is 1. The van der Waals surface area contributed by atoms with Gasteiger partial charge in [-0.1, -0.05) is 18.2 Å². The number of methoxy groups -OCH3 is 2. The highest BCUT2D eigenvalue weighted by Crippen LogP contribution is 2.33. The normalized spacial score (nSPS) is 12.2. The van der Waals surface area contributed by atoms with Crippen molar-refractivity contribution in [1.82, 2.24) is 0 Å². The van der Waals surface area contributed by atoms with Crippen LogP contribution in [0.4, 0.5) is 13.2 Å². The van der Waals surface area contributed by atoms with Crippen LogP contribution in [0.15, 0.2) is 42.5 Å². The SMILES string of the molecule is COc1ccc(C(C#N)C(=O)c2ccc(C(F)(F)F)cc2)cc1OC. The van der Waals surface area contributed by atoms with Gasteiger partial charge in [0.05, 0.1) is 25.9 Å². The first-order chi connectivity index (χ1) is 11.8. The maximum absolute atomic E-state index is 12.6. The summed E-state index contributed by atoms with van der Waals surface area (Å²) >= 11 is 0. The Kier molecular flexibility index (Phi) is 5.32. The van der Waals surface area contributed by atoms with Gasteiger partial charge in [-0.05, 0) is 29.8 Å². The highest BCUT2D eigenvalue weighted by atomic mass is 19.4. The highest BCUT2D eigenvalue weighted by Gasteiger charge is 2.31. The second kappa shape index (κ2) is 7.26.